The number of hydrogen-bond donors (Lipinski definition) is 2. The maximum Gasteiger partial charge on any atom is 0.193 e. The number of morpholine rings is 1. The predicted octanol–water partition coefficient (Wildman–Crippen LogP) is 3.57. The Bertz CT molecular complexity index is 751. The predicted molar refractivity (Wildman–Crippen MR) is 109 cm³/mol. The molecule has 0 bridgehead atoms. The van der Waals surface area contributed by atoms with Gasteiger partial charge in [-0.3, -0.25) is 0 Å². The van der Waals surface area contributed by atoms with Crippen LogP contribution in [0.2, 0.25) is 0 Å². The molecule has 2 aromatic rings. The number of aliphatic imine (C=N–C) groups is 1. The first-order valence-electron chi connectivity index (χ1n) is 9.21. The van der Waals surface area contributed by atoms with E-state index in [0.29, 0.717) is 18.4 Å². The highest BCUT2D eigenvalue weighted by molar-refractivity contribution is 5.92. The van der Waals surface area contributed by atoms with E-state index in [2.05, 4.69) is 59.4 Å². The smallest absolute Gasteiger partial charge is 0.193 e. The van der Waals surface area contributed by atoms with Gasteiger partial charge in [0.15, 0.2) is 5.96 Å². The fourth-order valence-corrected chi connectivity index (χ4v) is 3.09. The average molecular weight is 352 g/mol. The summed E-state index contributed by atoms with van der Waals surface area (Å²) in [5.41, 5.74) is 10.8. The van der Waals surface area contributed by atoms with E-state index in [4.69, 9.17) is 10.5 Å². The molecule has 0 spiro atoms. The second kappa shape index (κ2) is 8.72. The van der Waals surface area contributed by atoms with Crippen LogP contribution in [0.25, 0.3) is 0 Å². The van der Waals surface area contributed by atoms with Gasteiger partial charge >= 0.3 is 0 Å². The molecule has 0 aliphatic carbocycles. The van der Waals surface area contributed by atoms with Crippen molar-refractivity contribution in [3.05, 3.63) is 59.7 Å². The first kappa shape index (κ1) is 18.3. The third kappa shape index (κ3) is 4.76. The van der Waals surface area contributed by atoms with Crippen LogP contribution in [0.4, 0.5) is 11.4 Å². The number of anilines is 2. The van der Waals surface area contributed by atoms with Crippen LogP contribution in [-0.4, -0.2) is 32.3 Å². The molecule has 1 saturated heterocycles. The van der Waals surface area contributed by atoms with E-state index in [1.165, 1.54) is 16.8 Å². The molecule has 5 nitrogen and oxygen atoms in total. The monoisotopic (exact) mass is 352 g/mol. The van der Waals surface area contributed by atoms with Crippen LogP contribution in [0, 0.1) is 0 Å². The van der Waals surface area contributed by atoms with Crippen molar-refractivity contribution in [2.45, 2.75) is 26.3 Å². The van der Waals surface area contributed by atoms with E-state index in [-0.39, 0.29) is 0 Å². The summed E-state index contributed by atoms with van der Waals surface area (Å²) in [6.07, 6.45) is 0. The molecule has 3 rings (SSSR count). The number of nitrogens with zero attached hydrogens (tertiary/aromatic N) is 2. The standard InChI is InChI=1S/C21H28N4O/c1-16(2)17-7-5-8-19(14-17)24-21(22)23-15-18-6-3-4-9-20(18)25-10-12-26-13-11-25/h3-9,14,16H,10-13,15H2,1-2H3,(H3,22,23,24). The molecule has 1 aliphatic rings. The van der Waals surface area contributed by atoms with E-state index in [1.807, 2.05) is 18.2 Å². The zero-order chi connectivity index (χ0) is 18.4. The van der Waals surface area contributed by atoms with Gasteiger partial charge in [0.2, 0.25) is 0 Å². The minimum absolute atomic E-state index is 0.433. The maximum atomic E-state index is 6.11. The topological polar surface area (TPSA) is 62.9 Å². The molecule has 1 heterocycles. The van der Waals surface area contributed by atoms with Crippen LogP contribution < -0.4 is 16.0 Å². The Kier molecular flexibility index (Phi) is 6.12. The maximum absolute atomic E-state index is 6.11. The van der Waals surface area contributed by atoms with Crippen molar-refractivity contribution in [2.75, 3.05) is 36.5 Å². The Labute approximate surface area is 155 Å². The lowest BCUT2D eigenvalue weighted by molar-refractivity contribution is 0.122. The van der Waals surface area contributed by atoms with E-state index in [0.717, 1.165) is 32.0 Å². The normalized spacial score (nSPS) is 15.3. The van der Waals surface area contributed by atoms with Gasteiger partial charge < -0.3 is 20.7 Å². The number of nitrogens with two attached hydrogens (primary N) is 1. The SMILES string of the molecule is CC(C)c1cccc(NC(N)=NCc2ccccc2N2CCOCC2)c1. The molecule has 5 heteroatoms. The first-order chi connectivity index (χ1) is 12.6. The summed E-state index contributed by atoms with van der Waals surface area (Å²) in [6, 6.07) is 16.7. The molecule has 26 heavy (non-hydrogen) atoms. The Morgan fingerprint density at radius 1 is 1.15 bits per heavy atom. The number of guanidine groups is 1. The third-order valence-electron chi connectivity index (χ3n) is 4.59. The second-order valence-corrected chi connectivity index (χ2v) is 6.83. The summed E-state index contributed by atoms with van der Waals surface area (Å²) >= 11 is 0. The number of rotatable bonds is 5. The van der Waals surface area contributed by atoms with Crippen molar-refractivity contribution in [3.63, 3.8) is 0 Å². The highest BCUT2D eigenvalue weighted by Crippen LogP contribution is 2.22. The zero-order valence-electron chi connectivity index (χ0n) is 15.6. The number of ether oxygens (including phenoxy) is 1. The molecule has 2 aromatic carbocycles. The molecule has 3 N–H and O–H groups in total. The lowest BCUT2D eigenvalue weighted by Gasteiger charge is -2.30. The van der Waals surface area contributed by atoms with Crippen LogP contribution >= 0.6 is 0 Å². The largest absolute Gasteiger partial charge is 0.378 e. The van der Waals surface area contributed by atoms with Gasteiger partial charge in [0.1, 0.15) is 0 Å². The lowest BCUT2D eigenvalue weighted by Crippen LogP contribution is -2.36. The molecular formula is C21H28N4O. The number of nitrogens with one attached hydrogen (secondary N) is 1. The number of hydrogen-bond acceptors (Lipinski definition) is 3. The van der Waals surface area contributed by atoms with Crippen molar-refractivity contribution < 1.29 is 4.74 Å². The fourth-order valence-electron chi connectivity index (χ4n) is 3.09. The average Bonchev–Trinajstić information content (AvgIpc) is 2.67. The van der Waals surface area contributed by atoms with Crippen LogP contribution in [0.3, 0.4) is 0 Å². The lowest BCUT2D eigenvalue weighted by atomic mass is 10.0. The Morgan fingerprint density at radius 3 is 2.69 bits per heavy atom. The van der Waals surface area contributed by atoms with Crippen molar-refractivity contribution in [3.8, 4) is 0 Å². The number of benzene rings is 2. The Hall–Kier alpha value is -2.53. The Balaban J connectivity index is 1.68. The van der Waals surface area contributed by atoms with E-state index >= 15 is 0 Å². The van der Waals surface area contributed by atoms with Crippen molar-refractivity contribution >= 4 is 17.3 Å². The van der Waals surface area contributed by atoms with Crippen molar-refractivity contribution in [1.82, 2.24) is 0 Å². The molecule has 0 aromatic heterocycles. The van der Waals surface area contributed by atoms with Gasteiger partial charge in [-0.2, -0.15) is 0 Å². The number of para-hydroxylation sites is 1. The van der Waals surface area contributed by atoms with Crippen LogP contribution in [0.15, 0.2) is 53.5 Å². The third-order valence-corrected chi connectivity index (χ3v) is 4.59. The highest BCUT2D eigenvalue weighted by atomic mass is 16.5. The molecule has 0 amide bonds. The molecule has 0 radical (unpaired) electrons. The summed E-state index contributed by atoms with van der Waals surface area (Å²) in [6.45, 7) is 8.28. The molecule has 0 atom stereocenters. The summed E-state index contributed by atoms with van der Waals surface area (Å²) < 4.78 is 5.45. The second-order valence-electron chi connectivity index (χ2n) is 6.83. The van der Waals surface area contributed by atoms with Gasteiger partial charge in [-0.1, -0.05) is 44.2 Å². The highest BCUT2D eigenvalue weighted by Gasteiger charge is 2.14. The van der Waals surface area contributed by atoms with Crippen LogP contribution in [0.1, 0.15) is 30.9 Å². The van der Waals surface area contributed by atoms with E-state index in [9.17, 15) is 0 Å². The summed E-state index contributed by atoms with van der Waals surface area (Å²) in [5, 5.41) is 3.20. The van der Waals surface area contributed by atoms with Gasteiger partial charge in [-0.05, 0) is 35.2 Å². The molecule has 1 aliphatic heterocycles. The van der Waals surface area contributed by atoms with Crippen LogP contribution in [0.5, 0.6) is 0 Å². The van der Waals surface area contributed by atoms with Gasteiger partial charge in [-0.15, -0.1) is 0 Å². The zero-order valence-corrected chi connectivity index (χ0v) is 15.6. The molecule has 0 unspecified atom stereocenters. The molecule has 0 saturated carbocycles. The minimum Gasteiger partial charge on any atom is -0.378 e. The Morgan fingerprint density at radius 2 is 1.92 bits per heavy atom. The summed E-state index contributed by atoms with van der Waals surface area (Å²) in [7, 11) is 0. The van der Waals surface area contributed by atoms with Crippen LogP contribution in [-0.2, 0) is 11.3 Å². The summed E-state index contributed by atoms with van der Waals surface area (Å²) in [4.78, 5) is 6.90. The quantitative estimate of drug-likeness (QED) is 0.638. The van der Waals surface area contributed by atoms with Gasteiger partial charge in [0, 0.05) is 24.5 Å². The summed E-state index contributed by atoms with van der Waals surface area (Å²) in [5.74, 6) is 0.915. The molecular weight excluding hydrogens is 324 g/mol. The van der Waals surface area contributed by atoms with Gasteiger partial charge in [0.05, 0.1) is 19.8 Å². The first-order valence-corrected chi connectivity index (χ1v) is 9.21. The van der Waals surface area contributed by atoms with Gasteiger partial charge in [0.25, 0.3) is 0 Å². The fraction of sp³-hybridized carbons (Fsp3) is 0.381. The van der Waals surface area contributed by atoms with E-state index in [1.54, 1.807) is 0 Å². The van der Waals surface area contributed by atoms with E-state index < -0.39 is 0 Å². The van der Waals surface area contributed by atoms with Gasteiger partial charge in [-0.25, -0.2) is 4.99 Å². The van der Waals surface area contributed by atoms with Crippen molar-refractivity contribution in [1.29, 1.82) is 0 Å². The molecule has 1 fully saturated rings. The minimum atomic E-state index is 0.433. The molecule has 138 valence electrons. The van der Waals surface area contributed by atoms with Crippen molar-refractivity contribution in [2.24, 2.45) is 10.7 Å².